The fourth-order valence-electron chi connectivity index (χ4n) is 2.84. The Balaban J connectivity index is 1.94. The lowest BCUT2D eigenvalue weighted by Crippen LogP contribution is -2.34. The molecule has 0 bridgehead atoms. The van der Waals surface area contributed by atoms with Gasteiger partial charge in [0.05, 0.1) is 23.5 Å². The van der Waals surface area contributed by atoms with Gasteiger partial charge in [-0.25, -0.2) is 9.37 Å². The van der Waals surface area contributed by atoms with E-state index >= 15 is 0 Å². The van der Waals surface area contributed by atoms with Crippen molar-refractivity contribution in [1.82, 2.24) is 9.55 Å². The predicted molar refractivity (Wildman–Crippen MR) is 76.9 cm³/mol. The van der Waals surface area contributed by atoms with Gasteiger partial charge in [0.2, 0.25) is 0 Å². The van der Waals surface area contributed by atoms with Crippen molar-refractivity contribution < 1.29 is 24.4 Å². The van der Waals surface area contributed by atoms with Crippen LogP contribution in [0.1, 0.15) is 31.8 Å². The zero-order chi connectivity index (χ0) is 16.0. The van der Waals surface area contributed by atoms with Crippen molar-refractivity contribution in [1.29, 1.82) is 0 Å². The molecular formula is C15H19FN2O4. The fraction of sp³-hybridized carbons (Fsp3) is 0.533. The highest BCUT2D eigenvalue weighted by Gasteiger charge is 2.44. The van der Waals surface area contributed by atoms with Gasteiger partial charge in [-0.3, -0.25) is 4.57 Å². The van der Waals surface area contributed by atoms with Crippen LogP contribution >= 0.6 is 0 Å². The highest BCUT2D eigenvalue weighted by molar-refractivity contribution is 5.76. The minimum absolute atomic E-state index is 0.472. The number of halogens is 1. The molecule has 6 nitrogen and oxygen atoms in total. The molecule has 1 aromatic carbocycles. The first kappa shape index (κ1) is 15.4. The number of aliphatic hydroxyl groups excluding tert-OH is 3. The summed E-state index contributed by atoms with van der Waals surface area (Å²) in [6.07, 6.45) is -4.68. The molecule has 22 heavy (non-hydrogen) atoms. The smallest absolute Gasteiger partial charge is 0.174 e. The first-order chi connectivity index (χ1) is 10.4. The van der Waals surface area contributed by atoms with E-state index in [1.807, 2.05) is 0 Å². The minimum Gasteiger partial charge on any atom is -0.388 e. The number of aliphatic hydroxyl groups is 3. The molecule has 2 aromatic rings. The molecule has 3 N–H and O–H groups in total. The second kappa shape index (κ2) is 5.58. The van der Waals surface area contributed by atoms with Crippen LogP contribution in [0, 0.1) is 0 Å². The Morgan fingerprint density at radius 2 is 2.05 bits per heavy atom. The summed E-state index contributed by atoms with van der Waals surface area (Å²) in [6, 6.07) is 4.95. The normalized spacial score (nSPS) is 31.5. The van der Waals surface area contributed by atoms with Crippen LogP contribution in [0.4, 0.5) is 4.39 Å². The second-order valence-corrected chi connectivity index (χ2v) is 5.71. The average molecular weight is 310 g/mol. The van der Waals surface area contributed by atoms with Gasteiger partial charge < -0.3 is 20.1 Å². The van der Waals surface area contributed by atoms with E-state index in [1.54, 1.807) is 25.1 Å². The molecule has 0 amide bonds. The van der Waals surface area contributed by atoms with E-state index in [9.17, 15) is 19.7 Å². The van der Waals surface area contributed by atoms with Gasteiger partial charge in [0.1, 0.15) is 24.4 Å². The van der Waals surface area contributed by atoms with Crippen molar-refractivity contribution in [3.8, 4) is 0 Å². The van der Waals surface area contributed by atoms with Crippen molar-refractivity contribution in [2.45, 2.75) is 50.7 Å². The number of ether oxygens (including phenoxy) is 1. The highest BCUT2D eigenvalue weighted by atomic mass is 19.1. The summed E-state index contributed by atoms with van der Waals surface area (Å²) >= 11 is 0. The number of hydrogen-bond donors (Lipinski definition) is 3. The Bertz CT molecular complexity index is 675. The van der Waals surface area contributed by atoms with Gasteiger partial charge in [0, 0.05) is 0 Å². The van der Waals surface area contributed by atoms with Crippen molar-refractivity contribution in [2.75, 3.05) is 0 Å². The SMILES string of the molecule is CC1OC(C(O)c2ccc3ncn(C(C)F)c3c2)C(O)C1O. The standard InChI is InChI=1S/C15H19FN2O4/c1-7-12(19)14(21)15(22-7)13(20)9-3-4-10-11(5-9)18(6-17-10)8(2)16/h3-8,12-15,19-21H,1-2H3. The Morgan fingerprint density at radius 1 is 1.32 bits per heavy atom. The minimum atomic E-state index is -1.24. The summed E-state index contributed by atoms with van der Waals surface area (Å²) in [6.45, 7) is 3.02. The number of hydrogen-bond acceptors (Lipinski definition) is 5. The van der Waals surface area contributed by atoms with Gasteiger partial charge in [0.25, 0.3) is 0 Å². The molecule has 0 radical (unpaired) electrons. The zero-order valence-electron chi connectivity index (χ0n) is 12.3. The first-order valence-corrected chi connectivity index (χ1v) is 7.20. The van der Waals surface area contributed by atoms with Crippen LogP contribution in [0.3, 0.4) is 0 Å². The van der Waals surface area contributed by atoms with Crippen molar-refractivity contribution in [3.63, 3.8) is 0 Å². The topological polar surface area (TPSA) is 87.7 Å². The Kier molecular flexibility index (Phi) is 3.90. The number of alkyl halides is 1. The first-order valence-electron chi connectivity index (χ1n) is 7.20. The number of rotatable bonds is 3. The maximum atomic E-state index is 13.6. The third-order valence-corrected chi connectivity index (χ3v) is 4.17. The lowest BCUT2D eigenvalue weighted by molar-refractivity contribution is -0.0635. The average Bonchev–Trinajstić information content (AvgIpc) is 3.02. The molecule has 1 aliphatic rings. The lowest BCUT2D eigenvalue weighted by atomic mass is 9.98. The van der Waals surface area contributed by atoms with Crippen molar-refractivity contribution in [3.05, 3.63) is 30.1 Å². The Morgan fingerprint density at radius 3 is 2.64 bits per heavy atom. The van der Waals surface area contributed by atoms with E-state index in [0.717, 1.165) is 0 Å². The van der Waals surface area contributed by atoms with Crippen LogP contribution in [-0.2, 0) is 4.74 Å². The molecule has 6 unspecified atom stereocenters. The quantitative estimate of drug-likeness (QED) is 0.789. The lowest BCUT2D eigenvalue weighted by Gasteiger charge is -2.21. The molecular weight excluding hydrogens is 291 g/mol. The largest absolute Gasteiger partial charge is 0.388 e. The maximum absolute atomic E-state index is 13.6. The van der Waals surface area contributed by atoms with E-state index in [-0.39, 0.29) is 0 Å². The van der Waals surface area contributed by atoms with E-state index in [2.05, 4.69) is 4.98 Å². The van der Waals surface area contributed by atoms with Crippen molar-refractivity contribution in [2.24, 2.45) is 0 Å². The predicted octanol–water partition coefficient (Wildman–Crippen LogP) is 1.07. The third kappa shape index (κ3) is 2.40. The summed E-state index contributed by atoms with van der Waals surface area (Å²) in [4.78, 5) is 4.10. The van der Waals surface area contributed by atoms with E-state index in [1.165, 1.54) is 17.8 Å². The van der Waals surface area contributed by atoms with Gasteiger partial charge >= 0.3 is 0 Å². The summed E-state index contributed by atoms with van der Waals surface area (Å²) in [5, 5.41) is 30.1. The van der Waals surface area contributed by atoms with Crippen molar-refractivity contribution >= 4 is 11.0 Å². The van der Waals surface area contributed by atoms with Gasteiger partial charge in [-0.15, -0.1) is 0 Å². The fourth-order valence-corrected chi connectivity index (χ4v) is 2.84. The summed E-state index contributed by atoms with van der Waals surface area (Å²) in [5.74, 6) is 0. The third-order valence-electron chi connectivity index (χ3n) is 4.17. The Labute approximate surface area is 126 Å². The number of aromatic nitrogens is 2. The monoisotopic (exact) mass is 310 g/mol. The molecule has 3 rings (SSSR count). The van der Waals surface area contributed by atoms with Gasteiger partial charge in [0.15, 0.2) is 6.30 Å². The van der Waals surface area contributed by atoms with Crippen LogP contribution in [0.5, 0.6) is 0 Å². The number of nitrogens with zero attached hydrogens (tertiary/aromatic N) is 2. The van der Waals surface area contributed by atoms with E-state index in [0.29, 0.717) is 16.6 Å². The molecule has 120 valence electrons. The number of benzene rings is 1. The summed E-state index contributed by atoms with van der Waals surface area (Å²) < 4.78 is 20.3. The van der Waals surface area contributed by atoms with Crippen LogP contribution in [0.2, 0.25) is 0 Å². The summed E-state index contributed by atoms with van der Waals surface area (Å²) in [7, 11) is 0. The molecule has 1 aliphatic heterocycles. The van der Waals surface area contributed by atoms with Crippen LogP contribution in [-0.4, -0.2) is 49.3 Å². The molecule has 1 saturated heterocycles. The van der Waals surface area contributed by atoms with Gasteiger partial charge in [-0.2, -0.15) is 0 Å². The summed E-state index contributed by atoms with van der Waals surface area (Å²) in [5.41, 5.74) is 1.63. The maximum Gasteiger partial charge on any atom is 0.174 e. The van der Waals surface area contributed by atoms with Gasteiger partial charge in [-0.1, -0.05) is 6.07 Å². The van der Waals surface area contributed by atoms with E-state index in [4.69, 9.17) is 4.74 Å². The number of imidazole rings is 1. The molecule has 1 aromatic heterocycles. The van der Waals surface area contributed by atoms with Crippen LogP contribution < -0.4 is 0 Å². The zero-order valence-corrected chi connectivity index (χ0v) is 12.3. The Hall–Kier alpha value is -1.54. The van der Waals surface area contributed by atoms with Crippen LogP contribution in [0.25, 0.3) is 11.0 Å². The van der Waals surface area contributed by atoms with Gasteiger partial charge in [-0.05, 0) is 31.5 Å². The molecule has 7 heteroatoms. The molecule has 2 heterocycles. The molecule has 6 atom stereocenters. The second-order valence-electron chi connectivity index (χ2n) is 5.71. The molecule has 0 spiro atoms. The molecule has 1 fully saturated rings. The van der Waals surface area contributed by atoms with Crippen LogP contribution in [0.15, 0.2) is 24.5 Å². The molecule has 0 saturated carbocycles. The van der Waals surface area contributed by atoms with E-state index < -0.39 is 36.8 Å². The highest BCUT2D eigenvalue weighted by Crippen LogP contribution is 2.32. The molecule has 0 aliphatic carbocycles. The number of fused-ring (bicyclic) bond motifs is 1.